The zero-order valence-electron chi connectivity index (χ0n) is 15.1. The summed E-state index contributed by atoms with van der Waals surface area (Å²) in [6, 6.07) is 5.29. The van der Waals surface area contributed by atoms with Crippen LogP contribution in [0.5, 0.6) is 0 Å². The summed E-state index contributed by atoms with van der Waals surface area (Å²) in [5.41, 5.74) is 2.87. The normalized spacial score (nSPS) is 16.0. The van der Waals surface area contributed by atoms with Gasteiger partial charge in [-0.25, -0.2) is 0 Å². The molecule has 0 saturated carbocycles. The van der Waals surface area contributed by atoms with Crippen LogP contribution in [0.3, 0.4) is 0 Å². The van der Waals surface area contributed by atoms with Crippen molar-refractivity contribution in [1.82, 2.24) is 10.2 Å². The molecule has 1 heterocycles. The van der Waals surface area contributed by atoms with Gasteiger partial charge in [0.25, 0.3) is 5.91 Å². The van der Waals surface area contributed by atoms with Gasteiger partial charge in [-0.2, -0.15) is 0 Å². The molecular formula is C19H28N2O3. The molecular weight excluding hydrogens is 304 g/mol. The molecule has 5 nitrogen and oxygen atoms in total. The monoisotopic (exact) mass is 332 g/mol. The summed E-state index contributed by atoms with van der Waals surface area (Å²) < 4.78 is 0. The first-order valence-electron chi connectivity index (χ1n) is 8.51. The second-order valence-corrected chi connectivity index (χ2v) is 7.84. The van der Waals surface area contributed by atoms with Crippen LogP contribution in [0.15, 0.2) is 18.2 Å². The second kappa shape index (κ2) is 7.34. The number of rotatable bonds is 6. The molecule has 1 atom stereocenters. The number of carbonyl (C=O) groups excluding carboxylic acids is 1. The Morgan fingerprint density at radius 3 is 2.71 bits per heavy atom. The standard InChI is InChI=1S/C19H28N2O3/c1-19(2,3)9-7-16(18(23)24)20-12-13-5-6-14-8-10-21(4)17(22)15(14)11-13/h5-6,11,16,20H,7-10,12H2,1-4H3,(H,23,24)/t16-/m0/s1. The first kappa shape index (κ1) is 18.5. The minimum absolute atomic E-state index is 0.0422. The summed E-state index contributed by atoms with van der Waals surface area (Å²) in [6.07, 6.45) is 2.30. The maximum atomic E-state index is 12.2. The van der Waals surface area contributed by atoms with Gasteiger partial charge in [0.15, 0.2) is 0 Å². The Hall–Kier alpha value is -1.88. The molecule has 5 heteroatoms. The fraction of sp³-hybridized carbons (Fsp3) is 0.579. The quantitative estimate of drug-likeness (QED) is 0.840. The van der Waals surface area contributed by atoms with Crippen LogP contribution in [-0.4, -0.2) is 41.5 Å². The van der Waals surface area contributed by atoms with Crippen LogP contribution in [0.25, 0.3) is 0 Å². The zero-order valence-corrected chi connectivity index (χ0v) is 15.1. The zero-order chi connectivity index (χ0) is 17.9. The third kappa shape index (κ3) is 4.81. The molecule has 2 N–H and O–H groups in total. The van der Waals surface area contributed by atoms with E-state index in [9.17, 15) is 14.7 Å². The molecule has 0 fully saturated rings. The summed E-state index contributed by atoms with van der Waals surface area (Å²) in [5, 5.41) is 12.5. The number of carboxylic acids is 1. The van der Waals surface area contributed by atoms with E-state index in [0.717, 1.165) is 36.1 Å². The van der Waals surface area contributed by atoms with Crippen molar-refractivity contribution in [3.05, 3.63) is 34.9 Å². The van der Waals surface area contributed by atoms with E-state index in [4.69, 9.17) is 0 Å². The van der Waals surface area contributed by atoms with E-state index < -0.39 is 12.0 Å². The van der Waals surface area contributed by atoms with Gasteiger partial charge in [0.05, 0.1) is 0 Å². The predicted molar refractivity (Wildman–Crippen MR) is 94.1 cm³/mol. The number of hydrogen-bond donors (Lipinski definition) is 2. The van der Waals surface area contributed by atoms with Gasteiger partial charge >= 0.3 is 5.97 Å². The molecule has 0 saturated heterocycles. The minimum atomic E-state index is -0.826. The van der Waals surface area contributed by atoms with Crippen LogP contribution in [0.2, 0.25) is 0 Å². The molecule has 0 aliphatic carbocycles. The molecule has 1 aromatic carbocycles. The Morgan fingerprint density at radius 2 is 2.08 bits per heavy atom. The second-order valence-electron chi connectivity index (χ2n) is 7.84. The first-order chi connectivity index (χ1) is 11.2. The van der Waals surface area contributed by atoms with Crippen LogP contribution in [0.1, 0.15) is 55.1 Å². The number of carboxylic acid groups (broad SMARTS) is 1. The van der Waals surface area contributed by atoms with E-state index in [-0.39, 0.29) is 11.3 Å². The van der Waals surface area contributed by atoms with Gasteiger partial charge < -0.3 is 15.3 Å². The van der Waals surface area contributed by atoms with Crippen molar-refractivity contribution < 1.29 is 14.7 Å². The number of likely N-dealkylation sites (N-methyl/N-ethyl adjacent to an activating group) is 1. The highest BCUT2D eigenvalue weighted by Gasteiger charge is 2.23. The van der Waals surface area contributed by atoms with Gasteiger partial charge in [-0.1, -0.05) is 32.9 Å². The lowest BCUT2D eigenvalue weighted by molar-refractivity contribution is -0.139. The lowest BCUT2D eigenvalue weighted by Gasteiger charge is -2.25. The average Bonchev–Trinajstić information content (AvgIpc) is 2.50. The predicted octanol–water partition coefficient (Wildman–Crippen LogP) is 2.68. The van der Waals surface area contributed by atoms with Crippen molar-refractivity contribution in [3.63, 3.8) is 0 Å². The van der Waals surface area contributed by atoms with E-state index in [1.165, 1.54) is 0 Å². The van der Waals surface area contributed by atoms with Crippen molar-refractivity contribution in [2.75, 3.05) is 13.6 Å². The SMILES string of the molecule is CN1CCc2ccc(CN[C@@H](CCC(C)(C)C)C(=O)O)cc2C1=O. The number of nitrogens with zero attached hydrogens (tertiary/aromatic N) is 1. The highest BCUT2D eigenvalue weighted by Crippen LogP contribution is 2.22. The summed E-state index contributed by atoms with van der Waals surface area (Å²) in [7, 11) is 1.81. The van der Waals surface area contributed by atoms with Crippen LogP contribution in [-0.2, 0) is 17.8 Å². The lowest BCUT2D eigenvalue weighted by atomic mass is 9.88. The van der Waals surface area contributed by atoms with Crippen molar-refractivity contribution in [2.24, 2.45) is 5.41 Å². The lowest BCUT2D eigenvalue weighted by Crippen LogP contribution is -2.37. The number of benzene rings is 1. The molecule has 1 aliphatic heterocycles. The molecule has 24 heavy (non-hydrogen) atoms. The van der Waals surface area contributed by atoms with Crippen molar-refractivity contribution in [1.29, 1.82) is 0 Å². The maximum Gasteiger partial charge on any atom is 0.320 e. The van der Waals surface area contributed by atoms with Gasteiger partial charge in [-0.3, -0.25) is 9.59 Å². The minimum Gasteiger partial charge on any atom is -0.480 e. The van der Waals surface area contributed by atoms with Crippen LogP contribution in [0.4, 0.5) is 0 Å². The maximum absolute atomic E-state index is 12.2. The summed E-state index contributed by atoms with van der Waals surface area (Å²) in [4.78, 5) is 25.4. The number of nitrogens with one attached hydrogen (secondary N) is 1. The van der Waals surface area contributed by atoms with E-state index >= 15 is 0 Å². The molecule has 0 radical (unpaired) electrons. The number of fused-ring (bicyclic) bond motifs is 1. The third-order valence-electron chi connectivity index (χ3n) is 4.50. The summed E-state index contributed by atoms with van der Waals surface area (Å²) in [5.74, 6) is -0.784. The molecule has 0 unspecified atom stereocenters. The Bertz CT molecular complexity index is 620. The molecule has 0 aromatic heterocycles. The molecule has 0 spiro atoms. The Balaban J connectivity index is 2.02. The Kier molecular flexibility index (Phi) is 5.65. The Morgan fingerprint density at radius 1 is 1.38 bits per heavy atom. The average molecular weight is 332 g/mol. The summed E-state index contributed by atoms with van der Waals surface area (Å²) in [6.45, 7) is 7.52. The topological polar surface area (TPSA) is 69.6 Å². The van der Waals surface area contributed by atoms with Gasteiger partial charge in [-0.05, 0) is 41.9 Å². The van der Waals surface area contributed by atoms with Crippen molar-refractivity contribution in [2.45, 2.75) is 52.6 Å². The molecule has 1 amide bonds. The van der Waals surface area contributed by atoms with Crippen LogP contribution in [0, 0.1) is 5.41 Å². The molecule has 2 rings (SSSR count). The largest absolute Gasteiger partial charge is 0.480 e. The molecule has 132 valence electrons. The van der Waals surface area contributed by atoms with Gasteiger partial charge in [0.1, 0.15) is 6.04 Å². The first-order valence-corrected chi connectivity index (χ1v) is 8.51. The van der Waals surface area contributed by atoms with Gasteiger partial charge in [0.2, 0.25) is 0 Å². The van der Waals surface area contributed by atoms with E-state index in [2.05, 4.69) is 26.1 Å². The van der Waals surface area contributed by atoms with Crippen LogP contribution < -0.4 is 5.32 Å². The molecule has 1 aromatic rings. The number of amides is 1. The Labute approximate surface area is 144 Å². The van der Waals surface area contributed by atoms with Gasteiger partial charge in [-0.15, -0.1) is 0 Å². The smallest absolute Gasteiger partial charge is 0.320 e. The summed E-state index contributed by atoms with van der Waals surface area (Å²) >= 11 is 0. The van der Waals surface area contributed by atoms with E-state index in [1.807, 2.05) is 25.2 Å². The van der Waals surface area contributed by atoms with E-state index in [0.29, 0.717) is 13.0 Å². The number of hydrogen-bond acceptors (Lipinski definition) is 3. The number of carbonyl (C=O) groups is 2. The molecule has 0 bridgehead atoms. The highest BCUT2D eigenvalue weighted by atomic mass is 16.4. The van der Waals surface area contributed by atoms with Crippen molar-refractivity contribution >= 4 is 11.9 Å². The van der Waals surface area contributed by atoms with Crippen LogP contribution >= 0.6 is 0 Å². The fourth-order valence-electron chi connectivity index (χ4n) is 2.88. The third-order valence-corrected chi connectivity index (χ3v) is 4.50. The van der Waals surface area contributed by atoms with E-state index in [1.54, 1.807) is 4.90 Å². The van der Waals surface area contributed by atoms with Gasteiger partial charge in [0, 0.05) is 25.7 Å². The fourth-order valence-corrected chi connectivity index (χ4v) is 2.88. The van der Waals surface area contributed by atoms with Crippen molar-refractivity contribution in [3.8, 4) is 0 Å². The molecule has 1 aliphatic rings. The highest BCUT2D eigenvalue weighted by molar-refractivity contribution is 5.96. The number of aliphatic carboxylic acids is 1.